The molecule has 3 rings (SSSR count). The number of carboxylic acids is 1. The molecular weight excluding hydrogens is 252 g/mol. The fourth-order valence-corrected chi connectivity index (χ4v) is 3.69. The third kappa shape index (κ3) is 2.01. The first kappa shape index (κ1) is 11.6. The maximum atomic E-state index is 11.9. The monoisotopic (exact) mass is 266 g/mol. The van der Waals surface area contributed by atoms with E-state index in [0.29, 0.717) is 23.4 Å². The molecule has 2 unspecified atom stereocenters. The number of amides is 1. The Morgan fingerprint density at radius 2 is 2.17 bits per heavy atom. The largest absolute Gasteiger partial charge is 0.476 e. The van der Waals surface area contributed by atoms with Gasteiger partial charge in [-0.05, 0) is 24.7 Å². The van der Waals surface area contributed by atoms with Crippen LogP contribution in [-0.4, -0.2) is 22.0 Å². The first-order valence-corrected chi connectivity index (χ1v) is 7.00. The number of hydrogen-bond donors (Lipinski definition) is 2. The molecule has 0 spiro atoms. The van der Waals surface area contributed by atoms with Gasteiger partial charge in [0, 0.05) is 11.3 Å². The summed E-state index contributed by atoms with van der Waals surface area (Å²) in [6, 6.07) is 0. The van der Waals surface area contributed by atoms with Crippen molar-refractivity contribution in [2.75, 3.05) is 0 Å². The van der Waals surface area contributed by atoms with Crippen LogP contribution in [0.3, 0.4) is 0 Å². The number of carboxylic acid groups (broad SMARTS) is 1. The zero-order valence-electron chi connectivity index (χ0n) is 9.76. The van der Waals surface area contributed by atoms with Crippen LogP contribution in [0.15, 0.2) is 5.38 Å². The average Bonchev–Trinajstić information content (AvgIpc) is 2.75. The Morgan fingerprint density at radius 3 is 2.78 bits per heavy atom. The van der Waals surface area contributed by atoms with Crippen molar-refractivity contribution < 1.29 is 14.7 Å². The van der Waals surface area contributed by atoms with E-state index in [1.165, 1.54) is 36.0 Å². The first-order chi connectivity index (χ1) is 8.66. The Hall–Kier alpha value is -1.43. The number of hydrogen-bond acceptors (Lipinski definition) is 4. The smallest absolute Gasteiger partial charge is 0.355 e. The van der Waals surface area contributed by atoms with Crippen LogP contribution in [0, 0.1) is 17.8 Å². The zero-order chi connectivity index (χ0) is 12.7. The molecule has 6 heteroatoms. The van der Waals surface area contributed by atoms with Crippen LogP contribution in [0.1, 0.15) is 34.8 Å². The molecule has 1 aromatic rings. The number of rotatable bonds is 4. The molecule has 0 aliphatic heterocycles. The number of carbonyl (C=O) groups excluding carboxylic acids is 1. The Kier molecular flexibility index (Phi) is 2.81. The lowest BCUT2D eigenvalue weighted by Gasteiger charge is -2.04. The van der Waals surface area contributed by atoms with Crippen molar-refractivity contribution in [3.8, 4) is 0 Å². The second-order valence-electron chi connectivity index (χ2n) is 4.93. The normalized spacial score (nSPS) is 28.8. The van der Waals surface area contributed by atoms with E-state index >= 15 is 0 Å². The second kappa shape index (κ2) is 4.35. The van der Waals surface area contributed by atoms with Gasteiger partial charge in [0.25, 0.3) is 0 Å². The van der Waals surface area contributed by atoms with Crippen LogP contribution in [0.5, 0.6) is 0 Å². The van der Waals surface area contributed by atoms with Crippen LogP contribution >= 0.6 is 11.3 Å². The van der Waals surface area contributed by atoms with Gasteiger partial charge in [0.1, 0.15) is 5.01 Å². The van der Waals surface area contributed by atoms with Crippen LogP contribution in [0.4, 0.5) is 0 Å². The number of aromatic carboxylic acids is 1. The molecule has 5 nitrogen and oxygen atoms in total. The van der Waals surface area contributed by atoms with Crippen molar-refractivity contribution in [1.82, 2.24) is 10.3 Å². The number of carbonyl (C=O) groups is 2. The average molecular weight is 266 g/mol. The summed E-state index contributed by atoms with van der Waals surface area (Å²) in [6.45, 7) is 0.340. The van der Waals surface area contributed by atoms with E-state index in [4.69, 9.17) is 5.11 Å². The molecule has 2 N–H and O–H groups in total. The molecule has 2 atom stereocenters. The van der Waals surface area contributed by atoms with Gasteiger partial charge in [-0.2, -0.15) is 0 Å². The van der Waals surface area contributed by atoms with Gasteiger partial charge in [0.15, 0.2) is 5.69 Å². The second-order valence-corrected chi connectivity index (χ2v) is 5.88. The van der Waals surface area contributed by atoms with E-state index in [9.17, 15) is 9.59 Å². The molecule has 2 fully saturated rings. The van der Waals surface area contributed by atoms with Crippen LogP contribution in [0.25, 0.3) is 0 Å². The molecule has 1 amide bonds. The molecule has 96 valence electrons. The van der Waals surface area contributed by atoms with E-state index < -0.39 is 5.97 Å². The molecule has 1 aromatic heterocycles. The topological polar surface area (TPSA) is 79.3 Å². The Balaban J connectivity index is 1.52. The van der Waals surface area contributed by atoms with E-state index in [2.05, 4.69) is 10.3 Å². The Bertz CT molecular complexity index is 489. The minimum Gasteiger partial charge on any atom is -0.476 e. The predicted octanol–water partition coefficient (Wildman–Crippen LogP) is 1.50. The van der Waals surface area contributed by atoms with Gasteiger partial charge in [0.2, 0.25) is 5.91 Å². The molecule has 2 saturated carbocycles. The van der Waals surface area contributed by atoms with E-state index in [1.807, 2.05) is 0 Å². The quantitative estimate of drug-likeness (QED) is 0.865. The number of aromatic nitrogens is 1. The fourth-order valence-electron chi connectivity index (χ4n) is 2.98. The third-order valence-corrected chi connectivity index (χ3v) is 4.74. The molecule has 0 bridgehead atoms. The van der Waals surface area contributed by atoms with Gasteiger partial charge in [-0.1, -0.05) is 6.42 Å². The first-order valence-electron chi connectivity index (χ1n) is 6.12. The van der Waals surface area contributed by atoms with Crippen LogP contribution in [-0.2, 0) is 11.3 Å². The van der Waals surface area contributed by atoms with Crippen LogP contribution in [0.2, 0.25) is 0 Å². The van der Waals surface area contributed by atoms with Crippen molar-refractivity contribution in [2.24, 2.45) is 17.8 Å². The number of fused-ring (bicyclic) bond motifs is 1. The standard InChI is InChI=1S/C12H14N2O3S/c15-11(10-6-2-1-3-7(6)10)13-4-9-14-8(5-18-9)12(16)17/h5-7,10H,1-4H2,(H,13,15)(H,16,17). The minimum atomic E-state index is -1.03. The SMILES string of the molecule is O=C(O)c1csc(CNC(=O)C2C3CCCC32)n1. The Morgan fingerprint density at radius 1 is 1.44 bits per heavy atom. The van der Waals surface area contributed by atoms with Gasteiger partial charge in [-0.3, -0.25) is 4.79 Å². The van der Waals surface area contributed by atoms with Crippen molar-refractivity contribution >= 4 is 23.2 Å². The summed E-state index contributed by atoms with van der Waals surface area (Å²) in [4.78, 5) is 26.5. The zero-order valence-corrected chi connectivity index (χ0v) is 10.6. The summed E-state index contributed by atoms with van der Waals surface area (Å²) in [7, 11) is 0. The van der Waals surface area contributed by atoms with Crippen molar-refractivity contribution in [3.05, 3.63) is 16.1 Å². The van der Waals surface area contributed by atoms with Gasteiger partial charge in [-0.15, -0.1) is 11.3 Å². The molecule has 18 heavy (non-hydrogen) atoms. The summed E-state index contributed by atoms with van der Waals surface area (Å²) < 4.78 is 0. The fraction of sp³-hybridized carbons (Fsp3) is 0.583. The maximum absolute atomic E-state index is 11.9. The summed E-state index contributed by atoms with van der Waals surface area (Å²) in [5.74, 6) is 0.502. The van der Waals surface area contributed by atoms with Crippen LogP contribution < -0.4 is 5.32 Å². The summed E-state index contributed by atoms with van der Waals surface area (Å²) in [5, 5.41) is 13.7. The molecule has 0 aromatic carbocycles. The highest BCUT2D eigenvalue weighted by Gasteiger charge is 2.56. The van der Waals surface area contributed by atoms with Gasteiger partial charge in [-0.25, -0.2) is 9.78 Å². The van der Waals surface area contributed by atoms with Crippen molar-refractivity contribution in [3.63, 3.8) is 0 Å². The molecule has 1 heterocycles. The number of thiazole rings is 1. The maximum Gasteiger partial charge on any atom is 0.355 e. The van der Waals surface area contributed by atoms with Gasteiger partial charge in [0.05, 0.1) is 6.54 Å². The third-order valence-electron chi connectivity index (χ3n) is 3.89. The summed E-state index contributed by atoms with van der Waals surface area (Å²) in [5.41, 5.74) is 0.0486. The highest BCUT2D eigenvalue weighted by Crippen LogP contribution is 2.57. The predicted molar refractivity (Wildman–Crippen MR) is 65.2 cm³/mol. The van der Waals surface area contributed by atoms with E-state index in [0.717, 1.165) is 0 Å². The van der Waals surface area contributed by atoms with Crippen molar-refractivity contribution in [2.45, 2.75) is 25.8 Å². The highest BCUT2D eigenvalue weighted by molar-refractivity contribution is 7.09. The lowest BCUT2D eigenvalue weighted by Crippen LogP contribution is -2.26. The summed E-state index contributed by atoms with van der Waals surface area (Å²) in [6.07, 6.45) is 3.62. The molecule has 0 radical (unpaired) electrons. The number of nitrogens with zero attached hydrogens (tertiary/aromatic N) is 1. The molecular formula is C12H14N2O3S. The Labute approximate surface area is 108 Å². The number of nitrogens with one attached hydrogen (secondary N) is 1. The molecule has 2 aliphatic carbocycles. The van der Waals surface area contributed by atoms with Crippen molar-refractivity contribution in [1.29, 1.82) is 0 Å². The highest BCUT2D eigenvalue weighted by atomic mass is 32.1. The lowest BCUT2D eigenvalue weighted by atomic mass is 10.1. The van der Waals surface area contributed by atoms with E-state index in [1.54, 1.807) is 0 Å². The molecule has 2 aliphatic rings. The van der Waals surface area contributed by atoms with Gasteiger partial charge < -0.3 is 10.4 Å². The minimum absolute atomic E-state index is 0.0486. The lowest BCUT2D eigenvalue weighted by molar-refractivity contribution is -0.123. The van der Waals surface area contributed by atoms with E-state index in [-0.39, 0.29) is 17.5 Å². The summed E-state index contributed by atoms with van der Waals surface area (Å²) >= 11 is 1.27. The molecule has 0 saturated heterocycles. The van der Waals surface area contributed by atoms with Gasteiger partial charge >= 0.3 is 5.97 Å².